The first-order valence-electron chi connectivity index (χ1n) is 7.00. The number of rotatable bonds is 6. The summed E-state index contributed by atoms with van der Waals surface area (Å²) in [5.74, 6) is 5.77. The lowest BCUT2D eigenvalue weighted by molar-refractivity contribution is -0.384. The number of nitro benzene ring substituents is 1. The molecule has 1 amide bonds. The number of carbonyl (C=O) groups is 1. The Morgan fingerprint density at radius 1 is 1.52 bits per heavy atom. The van der Waals surface area contributed by atoms with Crippen molar-refractivity contribution in [2.45, 2.75) is 32.7 Å². The van der Waals surface area contributed by atoms with Crippen LogP contribution < -0.4 is 11.3 Å². The maximum atomic E-state index is 12.6. The van der Waals surface area contributed by atoms with Gasteiger partial charge in [0.05, 0.1) is 4.92 Å². The van der Waals surface area contributed by atoms with Gasteiger partial charge in [0.1, 0.15) is 5.69 Å². The van der Waals surface area contributed by atoms with Crippen LogP contribution in [0.15, 0.2) is 18.2 Å². The topological polar surface area (TPSA) is 102 Å². The fourth-order valence-electron chi connectivity index (χ4n) is 2.22. The first-order valence-corrected chi connectivity index (χ1v) is 7.00. The van der Waals surface area contributed by atoms with Gasteiger partial charge >= 0.3 is 0 Å². The smallest absolute Gasteiger partial charge is 0.293 e. The molecule has 0 spiro atoms. The Morgan fingerprint density at radius 2 is 2.19 bits per heavy atom. The van der Waals surface area contributed by atoms with E-state index in [4.69, 9.17) is 5.84 Å². The lowest BCUT2D eigenvalue weighted by Gasteiger charge is -2.27. The van der Waals surface area contributed by atoms with Crippen LogP contribution >= 0.6 is 0 Å². The van der Waals surface area contributed by atoms with Crippen molar-refractivity contribution in [2.24, 2.45) is 11.8 Å². The van der Waals surface area contributed by atoms with Crippen molar-refractivity contribution in [3.63, 3.8) is 0 Å². The van der Waals surface area contributed by atoms with Gasteiger partial charge in [-0.1, -0.05) is 0 Å². The molecule has 1 saturated carbocycles. The van der Waals surface area contributed by atoms with Gasteiger partial charge in [0, 0.05) is 24.2 Å². The number of nitro groups is 1. The fourth-order valence-corrected chi connectivity index (χ4v) is 2.22. The van der Waals surface area contributed by atoms with Gasteiger partial charge in [-0.05, 0) is 44.7 Å². The van der Waals surface area contributed by atoms with E-state index in [1.54, 1.807) is 4.90 Å². The normalized spacial score (nSPS) is 14.1. The van der Waals surface area contributed by atoms with Crippen molar-refractivity contribution in [1.29, 1.82) is 0 Å². The Hall–Kier alpha value is -2.15. The zero-order valence-corrected chi connectivity index (χ0v) is 12.2. The third-order valence-electron chi connectivity index (χ3n) is 3.63. The van der Waals surface area contributed by atoms with E-state index in [0.717, 1.165) is 19.4 Å². The number of nitrogens with one attached hydrogen (secondary N) is 1. The average molecular weight is 292 g/mol. The third-order valence-corrected chi connectivity index (χ3v) is 3.63. The minimum absolute atomic E-state index is 0.0857. The van der Waals surface area contributed by atoms with Gasteiger partial charge < -0.3 is 10.3 Å². The lowest BCUT2D eigenvalue weighted by Crippen LogP contribution is -2.38. The summed E-state index contributed by atoms with van der Waals surface area (Å²) in [5, 5.41) is 10.9. The summed E-state index contributed by atoms with van der Waals surface area (Å²) >= 11 is 0. The molecule has 0 saturated heterocycles. The van der Waals surface area contributed by atoms with E-state index in [-0.39, 0.29) is 23.3 Å². The summed E-state index contributed by atoms with van der Waals surface area (Å²) in [7, 11) is 0. The molecule has 0 atom stereocenters. The van der Waals surface area contributed by atoms with Crippen LogP contribution in [0.4, 0.5) is 11.4 Å². The van der Waals surface area contributed by atoms with Crippen LogP contribution in [0.5, 0.6) is 0 Å². The highest BCUT2D eigenvalue weighted by Gasteiger charge is 2.29. The lowest BCUT2D eigenvalue weighted by atomic mass is 10.1. The maximum Gasteiger partial charge on any atom is 0.293 e. The molecule has 0 heterocycles. The number of hydrogen-bond acceptors (Lipinski definition) is 5. The molecule has 3 N–H and O–H groups in total. The zero-order valence-electron chi connectivity index (χ0n) is 12.2. The fraction of sp³-hybridized carbons (Fsp3) is 0.500. The van der Waals surface area contributed by atoms with Gasteiger partial charge in [-0.2, -0.15) is 0 Å². The Morgan fingerprint density at radius 3 is 2.67 bits per heavy atom. The van der Waals surface area contributed by atoms with E-state index in [2.05, 4.69) is 5.43 Å². The van der Waals surface area contributed by atoms with E-state index in [1.807, 2.05) is 13.8 Å². The minimum atomic E-state index is -0.534. The number of carbonyl (C=O) groups excluding carboxylic acids is 1. The standard InChI is InChI=1S/C14H20N4O3/c1-9(2)17(8-10-3-4-10)14(19)11-5-6-13(18(20)21)12(7-11)16-15/h5-7,9-10,16H,3-4,8,15H2,1-2H3. The van der Waals surface area contributed by atoms with Gasteiger partial charge in [-0.3, -0.25) is 20.8 Å². The van der Waals surface area contributed by atoms with Crippen LogP contribution in [0, 0.1) is 16.0 Å². The molecule has 0 bridgehead atoms. The summed E-state index contributed by atoms with van der Waals surface area (Å²) in [6.45, 7) is 4.67. The number of anilines is 1. The van der Waals surface area contributed by atoms with Crippen molar-refractivity contribution in [3.8, 4) is 0 Å². The first kappa shape index (κ1) is 15.2. The summed E-state index contributed by atoms with van der Waals surface area (Å²) in [6.07, 6.45) is 2.32. The van der Waals surface area contributed by atoms with E-state index >= 15 is 0 Å². The molecule has 21 heavy (non-hydrogen) atoms. The molecule has 1 fully saturated rings. The zero-order chi connectivity index (χ0) is 15.6. The van der Waals surface area contributed by atoms with Crippen molar-refractivity contribution in [2.75, 3.05) is 12.0 Å². The highest BCUT2D eigenvalue weighted by molar-refractivity contribution is 5.96. The predicted octanol–water partition coefficient (Wildman–Crippen LogP) is 2.14. The number of nitrogens with zero attached hydrogens (tertiary/aromatic N) is 2. The van der Waals surface area contributed by atoms with Crippen molar-refractivity contribution < 1.29 is 9.72 Å². The Bertz CT molecular complexity index is 555. The molecule has 2 rings (SSSR count). The molecule has 0 radical (unpaired) electrons. The molecule has 1 aliphatic carbocycles. The van der Waals surface area contributed by atoms with Crippen LogP contribution in [0.1, 0.15) is 37.0 Å². The van der Waals surface area contributed by atoms with Crippen LogP contribution in [-0.4, -0.2) is 28.3 Å². The molecule has 0 aromatic heterocycles. The quantitative estimate of drug-likeness (QED) is 0.475. The van der Waals surface area contributed by atoms with E-state index in [1.165, 1.54) is 18.2 Å². The van der Waals surface area contributed by atoms with Crippen molar-refractivity contribution in [3.05, 3.63) is 33.9 Å². The molecule has 7 heteroatoms. The number of nitrogens with two attached hydrogens (primary N) is 1. The molecule has 1 aromatic carbocycles. The number of benzene rings is 1. The first-order chi connectivity index (χ1) is 9.93. The van der Waals surface area contributed by atoms with Crippen LogP contribution in [0.2, 0.25) is 0 Å². The van der Waals surface area contributed by atoms with Crippen molar-refractivity contribution >= 4 is 17.3 Å². The number of nitrogen functional groups attached to an aromatic ring is 1. The maximum absolute atomic E-state index is 12.6. The van der Waals surface area contributed by atoms with Crippen LogP contribution in [-0.2, 0) is 0 Å². The molecule has 1 aliphatic rings. The Labute approximate surface area is 123 Å². The molecular weight excluding hydrogens is 272 g/mol. The monoisotopic (exact) mass is 292 g/mol. The molecule has 7 nitrogen and oxygen atoms in total. The molecule has 0 aliphatic heterocycles. The van der Waals surface area contributed by atoms with Crippen LogP contribution in [0.25, 0.3) is 0 Å². The number of hydrazine groups is 1. The second-order valence-corrected chi connectivity index (χ2v) is 5.63. The van der Waals surface area contributed by atoms with Gasteiger partial charge in [-0.15, -0.1) is 0 Å². The summed E-state index contributed by atoms with van der Waals surface area (Å²) in [4.78, 5) is 24.7. The van der Waals surface area contributed by atoms with Gasteiger partial charge in [0.25, 0.3) is 11.6 Å². The highest BCUT2D eigenvalue weighted by Crippen LogP contribution is 2.31. The highest BCUT2D eigenvalue weighted by atomic mass is 16.6. The van der Waals surface area contributed by atoms with E-state index < -0.39 is 4.92 Å². The third kappa shape index (κ3) is 3.49. The average Bonchev–Trinajstić information content (AvgIpc) is 3.26. The SMILES string of the molecule is CC(C)N(CC1CC1)C(=O)c1ccc([N+](=O)[O-])c(NN)c1. The second-order valence-electron chi connectivity index (χ2n) is 5.63. The Balaban J connectivity index is 2.26. The number of hydrogen-bond donors (Lipinski definition) is 2. The summed E-state index contributed by atoms with van der Waals surface area (Å²) in [6, 6.07) is 4.30. The van der Waals surface area contributed by atoms with Gasteiger partial charge in [-0.25, -0.2) is 0 Å². The molecule has 0 unspecified atom stereocenters. The summed E-state index contributed by atoms with van der Waals surface area (Å²) < 4.78 is 0. The van der Waals surface area contributed by atoms with E-state index in [9.17, 15) is 14.9 Å². The predicted molar refractivity (Wildman–Crippen MR) is 79.8 cm³/mol. The summed E-state index contributed by atoms with van der Waals surface area (Å²) in [5.41, 5.74) is 2.68. The molecule has 1 aromatic rings. The molecular formula is C14H20N4O3. The van der Waals surface area contributed by atoms with Crippen molar-refractivity contribution in [1.82, 2.24) is 4.90 Å². The molecule has 114 valence electrons. The number of amides is 1. The van der Waals surface area contributed by atoms with Crippen LogP contribution in [0.3, 0.4) is 0 Å². The minimum Gasteiger partial charge on any atom is -0.336 e. The van der Waals surface area contributed by atoms with Gasteiger partial charge in [0.15, 0.2) is 0 Å². The van der Waals surface area contributed by atoms with E-state index in [0.29, 0.717) is 11.5 Å². The largest absolute Gasteiger partial charge is 0.336 e. The Kier molecular flexibility index (Phi) is 4.42. The van der Waals surface area contributed by atoms with Gasteiger partial charge in [0.2, 0.25) is 0 Å². The second kappa shape index (κ2) is 6.09.